The summed E-state index contributed by atoms with van der Waals surface area (Å²) in [5.41, 5.74) is 1.43. The molecule has 3 heterocycles. The fraction of sp³-hybridized carbons (Fsp3) is 0.708. The Morgan fingerprint density at radius 1 is 1.26 bits per heavy atom. The molecule has 0 bridgehead atoms. The van der Waals surface area contributed by atoms with Gasteiger partial charge in [0.15, 0.2) is 0 Å². The molecule has 2 fully saturated rings. The highest BCUT2D eigenvalue weighted by molar-refractivity contribution is 7.11. The maximum absolute atomic E-state index is 13.7. The fourth-order valence-corrected chi connectivity index (χ4v) is 6.68. The van der Waals surface area contributed by atoms with Crippen LogP contribution in [0.2, 0.25) is 0 Å². The first-order valence-electron chi connectivity index (χ1n) is 12.3. The third-order valence-corrected chi connectivity index (χ3v) is 8.85. The third kappa shape index (κ3) is 5.48. The van der Waals surface area contributed by atoms with Gasteiger partial charge in [-0.3, -0.25) is 14.4 Å². The van der Waals surface area contributed by atoms with Crippen LogP contribution in [0.4, 0.5) is 13.2 Å². The number of hydrogen-bond donors (Lipinski definition) is 1. The van der Waals surface area contributed by atoms with Crippen LogP contribution in [-0.4, -0.2) is 50.6 Å². The quantitative estimate of drug-likeness (QED) is 0.626. The molecular formula is C24H32F3N5OS. The topological polar surface area (TPSA) is 63.1 Å². The molecule has 2 aromatic heterocycles. The van der Waals surface area contributed by atoms with Gasteiger partial charge in [0, 0.05) is 61.6 Å². The summed E-state index contributed by atoms with van der Waals surface area (Å²) < 4.78 is 41.5. The Hall–Kier alpha value is -1.94. The van der Waals surface area contributed by atoms with Crippen molar-refractivity contribution in [2.24, 2.45) is 13.0 Å². The molecule has 0 spiro atoms. The SMILES string of the molecule is Cn1cc(CC(=O)N[C@H]2CC[C@H](CCN3CCc4sc(C5CC(F)(F)C5)nc4C3)CC2)c(F)n1. The van der Waals surface area contributed by atoms with Gasteiger partial charge in [-0.15, -0.1) is 16.4 Å². The van der Waals surface area contributed by atoms with Crippen LogP contribution in [-0.2, 0) is 31.2 Å². The summed E-state index contributed by atoms with van der Waals surface area (Å²) in [6, 6.07) is 0.160. The highest BCUT2D eigenvalue weighted by Gasteiger charge is 2.47. The van der Waals surface area contributed by atoms with E-state index in [2.05, 4.69) is 15.3 Å². The van der Waals surface area contributed by atoms with Gasteiger partial charge in [0.1, 0.15) is 0 Å². The van der Waals surface area contributed by atoms with Crippen molar-refractivity contribution < 1.29 is 18.0 Å². The Balaban J connectivity index is 1.02. The van der Waals surface area contributed by atoms with E-state index >= 15 is 0 Å². The Kier molecular flexibility index (Phi) is 6.72. The van der Waals surface area contributed by atoms with Gasteiger partial charge in [0.25, 0.3) is 0 Å². The molecule has 10 heteroatoms. The second kappa shape index (κ2) is 9.60. The first-order valence-corrected chi connectivity index (χ1v) is 13.1. The number of alkyl halides is 2. The highest BCUT2D eigenvalue weighted by Crippen LogP contribution is 2.49. The molecule has 1 N–H and O–H groups in total. The van der Waals surface area contributed by atoms with E-state index < -0.39 is 11.9 Å². The molecule has 0 atom stereocenters. The molecule has 2 aromatic rings. The average Bonchev–Trinajstić information content (AvgIpc) is 3.33. The Morgan fingerprint density at radius 3 is 2.71 bits per heavy atom. The van der Waals surface area contributed by atoms with Crippen LogP contribution >= 0.6 is 11.3 Å². The normalized spacial score (nSPS) is 25.1. The zero-order chi connectivity index (χ0) is 23.9. The minimum Gasteiger partial charge on any atom is -0.353 e. The van der Waals surface area contributed by atoms with Crippen molar-refractivity contribution in [2.45, 2.75) is 82.2 Å². The predicted molar refractivity (Wildman–Crippen MR) is 123 cm³/mol. The molecule has 186 valence electrons. The lowest BCUT2D eigenvalue weighted by Gasteiger charge is -2.33. The summed E-state index contributed by atoms with van der Waals surface area (Å²) in [5, 5.41) is 7.61. The number of rotatable bonds is 7. The largest absolute Gasteiger partial charge is 0.353 e. The molecule has 6 nitrogen and oxygen atoms in total. The maximum atomic E-state index is 13.7. The fourth-order valence-electron chi connectivity index (χ4n) is 5.52. The highest BCUT2D eigenvalue weighted by atomic mass is 32.1. The summed E-state index contributed by atoms with van der Waals surface area (Å²) in [6.45, 7) is 2.85. The number of amides is 1. The minimum atomic E-state index is -2.50. The van der Waals surface area contributed by atoms with Crippen LogP contribution in [0.15, 0.2) is 6.20 Å². The smallest absolute Gasteiger partial charge is 0.249 e. The molecule has 1 amide bonds. The van der Waals surface area contributed by atoms with Crippen molar-refractivity contribution >= 4 is 17.2 Å². The second-order valence-electron chi connectivity index (χ2n) is 10.3. The molecular weight excluding hydrogens is 463 g/mol. The molecule has 0 radical (unpaired) electrons. The molecule has 5 rings (SSSR count). The van der Waals surface area contributed by atoms with Gasteiger partial charge in [-0.05, 0) is 51.0 Å². The summed E-state index contributed by atoms with van der Waals surface area (Å²) in [7, 11) is 1.64. The van der Waals surface area contributed by atoms with E-state index in [0.29, 0.717) is 11.5 Å². The summed E-state index contributed by atoms with van der Waals surface area (Å²) in [5.74, 6) is -2.63. The number of hydrogen-bond acceptors (Lipinski definition) is 5. The Labute approximate surface area is 201 Å². The number of aryl methyl sites for hydroxylation is 1. The third-order valence-electron chi connectivity index (χ3n) is 7.53. The van der Waals surface area contributed by atoms with Crippen LogP contribution in [0.25, 0.3) is 0 Å². The number of nitrogens with one attached hydrogen (secondary N) is 1. The van der Waals surface area contributed by atoms with Crippen LogP contribution in [0.3, 0.4) is 0 Å². The number of carbonyl (C=O) groups excluding carboxylic acids is 1. The first-order chi connectivity index (χ1) is 16.2. The first kappa shape index (κ1) is 23.8. The number of nitrogens with zero attached hydrogens (tertiary/aromatic N) is 4. The van der Waals surface area contributed by atoms with Crippen LogP contribution in [0.1, 0.15) is 72.0 Å². The molecule has 1 aliphatic heterocycles. The second-order valence-corrected chi connectivity index (χ2v) is 11.4. The average molecular weight is 496 g/mol. The van der Waals surface area contributed by atoms with Crippen LogP contribution in [0.5, 0.6) is 0 Å². The maximum Gasteiger partial charge on any atom is 0.249 e. The van der Waals surface area contributed by atoms with Crippen molar-refractivity contribution in [3.8, 4) is 0 Å². The molecule has 0 unspecified atom stereocenters. The van der Waals surface area contributed by atoms with Gasteiger partial charge < -0.3 is 5.32 Å². The zero-order valence-corrected chi connectivity index (χ0v) is 20.4. The molecule has 2 saturated carbocycles. The zero-order valence-electron chi connectivity index (χ0n) is 19.5. The van der Waals surface area contributed by atoms with Gasteiger partial charge in [-0.2, -0.15) is 4.39 Å². The molecule has 0 saturated heterocycles. The minimum absolute atomic E-state index is 0.0259. The van der Waals surface area contributed by atoms with E-state index in [0.717, 1.165) is 68.9 Å². The summed E-state index contributed by atoms with van der Waals surface area (Å²) in [4.78, 5) is 20.7. The van der Waals surface area contributed by atoms with E-state index in [1.165, 1.54) is 9.56 Å². The lowest BCUT2D eigenvalue weighted by Crippen LogP contribution is -2.39. The summed E-state index contributed by atoms with van der Waals surface area (Å²) >= 11 is 1.64. The lowest BCUT2D eigenvalue weighted by atomic mass is 9.82. The number of carbonyl (C=O) groups is 1. The molecule has 34 heavy (non-hydrogen) atoms. The monoisotopic (exact) mass is 495 g/mol. The van der Waals surface area contributed by atoms with E-state index in [4.69, 9.17) is 4.98 Å². The van der Waals surface area contributed by atoms with Crippen molar-refractivity contribution in [3.05, 3.63) is 33.3 Å². The predicted octanol–water partition coefficient (Wildman–Crippen LogP) is 4.19. The standard InChI is InChI=1S/C24H32F3N5OS/c1-31-13-16(22(25)30-31)10-21(33)28-18-4-2-15(3-5-18)6-8-32-9-7-20-19(14-32)29-23(34-20)17-11-24(26,27)12-17/h13,15,17-18H,2-12,14H2,1H3,(H,28,33)/t15-,18-. The van der Waals surface area contributed by atoms with E-state index in [-0.39, 0.29) is 37.1 Å². The van der Waals surface area contributed by atoms with Crippen molar-refractivity contribution in [3.63, 3.8) is 0 Å². The molecule has 0 aromatic carbocycles. The van der Waals surface area contributed by atoms with Gasteiger partial charge in [-0.1, -0.05) is 0 Å². The number of thiazole rings is 1. The number of fused-ring (bicyclic) bond motifs is 1. The Morgan fingerprint density at radius 2 is 2.03 bits per heavy atom. The summed E-state index contributed by atoms with van der Waals surface area (Å²) in [6.07, 6.45) is 7.65. The van der Waals surface area contributed by atoms with Gasteiger partial charge >= 0.3 is 0 Å². The van der Waals surface area contributed by atoms with E-state index in [1.807, 2.05) is 0 Å². The van der Waals surface area contributed by atoms with Crippen LogP contribution in [0, 0.1) is 11.9 Å². The molecule has 3 aliphatic rings. The lowest BCUT2D eigenvalue weighted by molar-refractivity contribution is -0.121. The van der Waals surface area contributed by atoms with E-state index in [1.54, 1.807) is 24.6 Å². The number of halogens is 3. The van der Waals surface area contributed by atoms with Gasteiger partial charge in [0.05, 0.1) is 17.1 Å². The van der Waals surface area contributed by atoms with Crippen LogP contribution < -0.4 is 5.32 Å². The van der Waals surface area contributed by atoms with Crippen molar-refractivity contribution in [1.82, 2.24) is 25.0 Å². The van der Waals surface area contributed by atoms with Gasteiger partial charge in [-0.25, -0.2) is 13.8 Å². The van der Waals surface area contributed by atoms with Gasteiger partial charge in [0.2, 0.25) is 17.8 Å². The van der Waals surface area contributed by atoms with E-state index in [9.17, 15) is 18.0 Å². The van der Waals surface area contributed by atoms with Crippen molar-refractivity contribution in [1.29, 1.82) is 0 Å². The number of aromatic nitrogens is 3. The molecule has 2 aliphatic carbocycles. The Bertz CT molecular complexity index is 1020. The van der Waals surface area contributed by atoms with Crippen molar-refractivity contribution in [2.75, 3.05) is 13.1 Å².